The molecule has 110 valence electrons. The maximum atomic E-state index is 11.0. The summed E-state index contributed by atoms with van der Waals surface area (Å²) in [5.74, 6) is 0. The molecule has 2 rings (SSSR count). The molecule has 0 fully saturated rings. The van der Waals surface area contributed by atoms with E-state index in [1.165, 1.54) is 0 Å². The van der Waals surface area contributed by atoms with Crippen molar-refractivity contribution in [3.63, 3.8) is 0 Å². The van der Waals surface area contributed by atoms with Crippen LogP contribution in [0.5, 0.6) is 0 Å². The number of rotatable bonds is 6. The Balaban J connectivity index is 2.20. The first-order valence-corrected chi connectivity index (χ1v) is 12.9. The summed E-state index contributed by atoms with van der Waals surface area (Å²) < 4.78 is 12.0. The highest BCUT2D eigenvalue weighted by Crippen LogP contribution is 2.13. The van der Waals surface area contributed by atoms with Crippen molar-refractivity contribution in [2.24, 2.45) is 0 Å². The third-order valence-electron chi connectivity index (χ3n) is 2.66. The Bertz CT molecular complexity index is 557. The van der Waals surface area contributed by atoms with Crippen LogP contribution in [-0.4, -0.2) is 31.7 Å². The van der Waals surface area contributed by atoms with Gasteiger partial charge in [0.05, 0.1) is 0 Å². The van der Waals surface area contributed by atoms with Crippen LogP contribution in [0, 0.1) is 0 Å². The van der Waals surface area contributed by atoms with Gasteiger partial charge in [0, 0.05) is 5.19 Å². The molecule has 0 amide bonds. The van der Waals surface area contributed by atoms with Crippen LogP contribution in [0.25, 0.3) is 0 Å². The summed E-state index contributed by atoms with van der Waals surface area (Å²) >= 11 is 0. The third kappa shape index (κ3) is 5.03. The van der Waals surface area contributed by atoms with Crippen molar-refractivity contribution in [3.05, 3.63) is 60.7 Å². The van der Waals surface area contributed by atoms with Crippen molar-refractivity contribution in [2.45, 2.75) is 19.6 Å². The van der Waals surface area contributed by atoms with Crippen LogP contribution in [0.1, 0.15) is 0 Å². The third-order valence-corrected chi connectivity index (χ3v) is 9.37. The second-order valence-corrected chi connectivity index (χ2v) is 14.1. The van der Waals surface area contributed by atoms with Gasteiger partial charge in [-0.1, -0.05) is 60.7 Å². The summed E-state index contributed by atoms with van der Waals surface area (Å²) in [6, 6.07) is 19.4. The summed E-state index contributed by atoms with van der Waals surface area (Å²) in [5, 5.41) is 1.81. The van der Waals surface area contributed by atoms with E-state index in [4.69, 9.17) is 8.23 Å². The van der Waals surface area contributed by atoms with Crippen LogP contribution in [-0.2, 0) is 8.23 Å². The maximum absolute atomic E-state index is 11.0. The van der Waals surface area contributed by atoms with E-state index in [-0.39, 0.29) is 9.76 Å². The van der Waals surface area contributed by atoms with Crippen LogP contribution in [0.3, 0.4) is 0 Å². The van der Waals surface area contributed by atoms with E-state index in [9.17, 15) is 4.80 Å². The minimum atomic E-state index is -3.37. The number of hydrogen-bond donors (Lipinski definition) is 1. The van der Waals surface area contributed by atoms with Crippen molar-refractivity contribution < 1.29 is 13.0 Å². The summed E-state index contributed by atoms with van der Waals surface area (Å²) in [4.78, 5) is 11.0. The lowest BCUT2D eigenvalue weighted by Crippen LogP contribution is -2.60. The smallest absolute Gasteiger partial charge is 0.413 e. The standard InChI is InChI=1S/C15H20O3Si3/c1-20(2,3)18-21(16,15-12-8-5-9-13-15)17-19-14-10-6-4-7-11-14/h4-13,16H,1-3H3. The van der Waals surface area contributed by atoms with E-state index in [2.05, 4.69) is 19.6 Å². The van der Waals surface area contributed by atoms with Gasteiger partial charge in [-0.3, -0.25) is 0 Å². The second-order valence-electron chi connectivity index (χ2n) is 5.73. The fraction of sp³-hybridized carbons (Fsp3) is 0.200. The van der Waals surface area contributed by atoms with Crippen molar-refractivity contribution in [3.8, 4) is 0 Å². The zero-order valence-electron chi connectivity index (χ0n) is 12.5. The molecule has 2 aromatic carbocycles. The van der Waals surface area contributed by atoms with Gasteiger partial charge in [-0.05, 0) is 24.8 Å². The van der Waals surface area contributed by atoms with Crippen LogP contribution in [0.4, 0.5) is 0 Å². The van der Waals surface area contributed by atoms with Crippen molar-refractivity contribution >= 4 is 37.3 Å². The molecule has 0 heterocycles. The predicted molar refractivity (Wildman–Crippen MR) is 91.4 cm³/mol. The molecule has 0 bridgehead atoms. The van der Waals surface area contributed by atoms with Gasteiger partial charge in [-0.25, -0.2) is 0 Å². The molecule has 1 atom stereocenters. The molecule has 6 heteroatoms. The largest absolute Gasteiger partial charge is 0.513 e. The molecule has 21 heavy (non-hydrogen) atoms. The zero-order valence-corrected chi connectivity index (χ0v) is 15.5. The number of hydrogen-bond acceptors (Lipinski definition) is 3. The van der Waals surface area contributed by atoms with E-state index >= 15 is 0 Å². The van der Waals surface area contributed by atoms with Crippen LogP contribution >= 0.6 is 0 Å². The molecule has 3 nitrogen and oxygen atoms in total. The van der Waals surface area contributed by atoms with Crippen LogP contribution in [0.15, 0.2) is 60.7 Å². The van der Waals surface area contributed by atoms with Gasteiger partial charge >= 0.3 is 8.80 Å². The maximum Gasteiger partial charge on any atom is 0.513 e. The van der Waals surface area contributed by atoms with Gasteiger partial charge in [0.2, 0.25) is 0 Å². The molecule has 0 saturated carbocycles. The summed E-state index contributed by atoms with van der Waals surface area (Å²) in [7, 11) is -5.22. The molecule has 2 aromatic rings. The molecule has 0 saturated heterocycles. The molecular weight excluding hydrogens is 312 g/mol. The van der Waals surface area contributed by atoms with Gasteiger partial charge in [-0.2, -0.15) is 0 Å². The SMILES string of the molecule is C[Si](C)(C)O[Si](O)(O[Si]c1ccccc1)c1ccccc1. The Morgan fingerprint density at radius 2 is 1.38 bits per heavy atom. The van der Waals surface area contributed by atoms with Crippen molar-refractivity contribution in [2.75, 3.05) is 0 Å². The van der Waals surface area contributed by atoms with Gasteiger partial charge in [0.15, 0.2) is 8.32 Å². The summed E-state index contributed by atoms with van der Waals surface area (Å²) in [6.45, 7) is 6.18. The van der Waals surface area contributed by atoms with Crippen LogP contribution in [0.2, 0.25) is 19.6 Å². The first kappa shape index (κ1) is 16.3. The average molecular weight is 333 g/mol. The molecule has 1 unspecified atom stereocenters. The molecule has 0 aliphatic rings. The number of benzene rings is 2. The minimum absolute atomic E-state index is 0.0762. The highest BCUT2D eigenvalue weighted by atomic mass is 28.5. The average Bonchev–Trinajstić information content (AvgIpc) is 2.46. The van der Waals surface area contributed by atoms with Gasteiger partial charge in [0.25, 0.3) is 9.76 Å². The summed E-state index contributed by atoms with van der Waals surface area (Å²) in [6.07, 6.45) is 0. The van der Waals surface area contributed by atoms with E-state index in [1.807, 2.05) is 60.7 Å². The molecular formula is C15H20O3Si3. The van der Waals surface area contributed by atoms with Gasteiger partial charge < -0.3 is 13.0 Å². The molecule has 0 aliphatic carbocycles. The Kier molecular flexibility index (Phi) is 5.31. The van der Waals surface area contributed by atoms with E-state index in [1.54, 1.807) is 0 Å². The molecule has 0 aliphatic heterocycles. The Morgan fingerprint density at radius 3 is 1.90 bits per heavy atom. The van der Waals surface area contributed by atoms with Crippen LogP contribution < -0.4 is 10.4 Å². The van der Waals surface area contributed by atoms with Gasteiger partial charge in [-0.15, -0.1) is 0 Å². The summed E-state index contributed by atoms with van der Waals surface area (Å²) in [5.41, 5.74) is 0. The van der Waals surface area contributed by atoms with E-state index in [0.29, 0.717) is 0 Å². The predicted octanol–water partition coefficient (Wildman–Crippen LogP) is 1.64. The van der Waals surface area contributed by atoms with E-state index < -0.39 is 17.1 Å². The Hall–Kier alpha value is -1.03. The Labute approximate surface area is 131 Å². The fourth-order valence-corrected chi connectivity index (χ4v) is 8.61. The highest BCUT2D eigenvalue weighted by molar-refractivity contribution is 6.87. The van der Waals surface area contributed by atoms with E-state index in [0.717, 1.165) is 10.4 Å². The first-order chi connectivity index (χ1) is 9.89. The monoisotopic (exact) mass is 332 g/mol. The highest BCUT2D eigenvalue weighted by Gasteiger charge is 2.43. The normalized spacial score (nSPS) is 14.7. The van der Waals surface area contributed by atoms with Crippen molar-refractivity contribution in [1.82, 2.24) is 0 Å². The molecule has 0 aromatic heterocycles. The van der Waals surface area contributed by atoms with Crippen molar-refractivity contribution in [1.29, 1.82) is 0 Å². The molecule has 0 spiro atoms. The fourth-order valence-electron chi connectivity index (χ4n) is 1.84. The zero-order chi connectivity index (χ0) is 15.3. The first-order valence-electron chi connectivity index (χ1n) is 6.86. The lowest BCUT2D eigenvalue weighted by Gasteiger charge is -2.31. The minimum Gasteiger partial charge on any atom is -0.413 e. The van der Waals surface area contributed by atoms with Gasteiger partial charge in [0.1, 0.15) is 0 Å². The second kappa shape index (κ2) is 6.82. The quantitative estimate of drug-likeness (QED) is 0.817. The topological polar surface area (TPSA) is 38.7 Å². The molecule has 2 radical (unpaired) electrons. The Morgan fingerprint density at radius 1 is 0.857 bits per heavy atom. The lowest BCUT2D eigenvalue weighted by molar-refractivity contribution is 0.276. The lowest BCUT2D eigenvalue weighted by atomic mass is 10.4. The molecule has 1 N–H and O–H groups in total.